The zero-order valence-electron chi connectivity index (χ0n) is 15.1. The number of esters is 1. The number of carbonyl (C=O) groups excluding carboxylic acids is 2. The molecule has 0 aliphatic rings. The van der Waals surface area contributed by atoms with E-state index in [-0.39, 0.29) is 11.7 Å². The maximum Gasteiger partial charge on any atom is 0.339 e. The van der Waals surface area contributed by atoms with Crippen LogP contribution < -0.4 is 5.32 Å². The van der Waals surface area contributed by atoms with E-state index in [1.165, 1.54) is 6.92 Å². The number of phenolic OH excluding ortho intramolecular Hbond substituents is 1. The van der Waals surface area contributed by atoms with E-state index in [1.54, 1.807) is 43.3 Å². The first-order valence-electron chi connectivity index (χ1n) is 8.67. The molecule has 27 heavy (non-hydrogen) atoms. The quantitative estimate of drug-likeness (QED) is 0.678. The predicted molar refractivity (Wildman–Crippen MR) is 102 cm³/mol. The number of hydrogen-bond donors (Lipinski definition) is 2. The second kappa shape index (κ2) is 7.86. The average molecular weight is 364 g/mol. The summed E-state index contributed by atoms with van der Waals surface area (Å²) in [5, 5.41) is 12.8. The number of nitrogens with one attached hydrogen (secondary N) is 1. The van der Waals surface area contributed by atoms with E-state index < -0.39 is 12.1 Å². The van der Waals surface area contributed by atoms with Crippen molar-refractivity contribution < 1.29 is 19.4 Å². The number of hydrogen-bond acceptors (Lipinski definition) is 5. The molecule has 0 aliphatic carbocycles. The summed E-state index contributed by atoms with van der Waals surface area (Å²) in [4.78, 5) is 29.2. The molecular weight excluding hydrogens is 344 g/mol. The minimum atomic E-state index is -0.901. The molecule has 3 aromatic rings. The number of aromatic hydroxyl groups is 1. The van der Waals surface area contributed by atoms with Gasteiger partial charge in [-0.2, -0.15) is 0 Å². The second-order valence-corrected chi connectivity index (χ2v) is 6.06. The van der Waals surface area contributed by atoms with Crippen molar-refractivity contribution in [1.82, 2.24) is 10.3 Å². The van der Waals surface area contributed by atoms with E-state index in [4.69, 9.17) is 4.74 Å². The molecule has 1 aromatic heterocycles. The molecule has 0 bridgehead atoms. The van der Waals surface area contributed by atoms with Crippen LogP contribution in [-0.2, 0) is 9.53 Å². The van der Waals surface area contributed by atoms with E-state index in [2.05, 4.69) is 10.3 Å². The summed E-state index contributed by atoms with van der Waals surface area (Å²) < 4.78 is 5.35. The molecule has 0 saturated heterocycles. The average Bonchev–Trinajstić information content (AvgIpc) is 2.67. The molecule has 0 spiro atoms. The Kier molecular flexibility index (Phi) is 5.35. The van der Waals surface area contributed by atoms with Gasteiger partial charge in [0.15, 0.2) is 6.10 Å². The van der Waals surface area contributed by atoms with Crippen LogP contribution in [0, 0.1) is 0 Å². The number of nitrogens with zero attached hydrogens (tertiary/aromatic N) is 1. The Morgan fingerprint density at radius 3 is 2.56 bits per heavy atom. The Labute approximate surface area is 156 Å². The molecule has 0 radical (unpaired) electrons. The zero-order chi connectivity index (χ0) is 19.4. The number of carbonyl (C=O) groups is 2. The highest BCUT2D eigenvalue weighted by molar-refractivity contribution is 6.05. The van der Waals surface area contributed by atoms with Crippen LogP contribution in [0.2, 0.25) is 0 Å². The van der Waals surface area contributed by atoms with E-state index in [9.17, 15) is 14.7 Å². The van der Waals surface area contributed by atoms with Gasteiger partial charge in [-0.3, -0.25) is 4.79 Å². The molecule has 0 saturated carbocycles. The van der Waals surface area contributed by atoms with Crippen molar-refractivity contribution in [2.45, 2.75) is 20.0 Å². The fraction of sp³-hybridized carbons (Fsp3) is 0.190. The van der Waals surface area contributed by atoms with Crippen LogP contribution in [-0.4, -0.2) is 34.6 Å². The number of benzene rings is 2. The monoisotopic (exact) mass is 364 g/mol. The number of fused-ring (bicyclic) bond motifs is 1. The molecule has 1 heterocycles. The van der Waals surface area contributed by atoms with Crippen molar-refractivity contribution in [1.29, 1.82) is 0 Å². The Morgan fingerprint density at radius 1 is 1.15 bits per heavy atom. The van der Waals surface area contributed by atoms with Crippen LogP contribution >= 0.6 is 0 Å². The van der Waals surface area contributed by atoms with Gasteiger partial charge in [0.1, 0.15) is 5.75 Å². The molecule has 0 fully saturated rings. The molecule has 2 N–H and O–H groups in total. The van der Waals surface area contributed by atoms with Gasteiger partial charge in [-0.25, -0.2) is 9.78 Å². The van der Waals surface area contributed by atoms with Gasteiger partial charge in [-0.1, -0.05) is 18.2 Å². The van der Waals surface area contributed by atoms with Crippen molar-refractivity contribution >= 4 is 22.8 Å². The van der Waals surface area contributed by atoms with Gasteiger partial charge in [0, 0.05) is 17.5 Å². The number of aromatic nitrogens is 1. The predicted octanol–water partition coefficient (Wildman–Crippen LogP) is 3.29. The van der Waals surface area contributed by atoms with Crippen LogP contribution in [0.4, 0.5) is 0 Å². The van der Waals surface area contributed by atoms with Crippen LogP contribution in [0.25, 0.3) is 22.2 Å². The maximum absolute atomic E-state index is 12.7. The van der Waals surface area contributed by atoms with Crippen LogP contribution in [0.3, 0.4) is 0 Å². The first-order valence-corrected chi connectivity index (χ1v) is 8.67. The smallest absolute Gasteiger partial charge is 0.339 e. The molecule has 6 nitrogen and oxygen atoms in total. The Morgan fingerprint density at radius 2 is 1.85 bits per heavy atom. The van der Waals surface area contributed by atoms with Gasteiger partial charge in [0.05, 0.1) is 16.8 Å². The lowest BCUT2D eigenvalue weighted by atomic mass is 10.0. The van der Waals surface area contributed by atoms with Gasteiger partial charge in [-0.05, 0) is 50.2 Å². The van der Waals surface area contributed by atoms with E-state index in [1.807, 2.05) is 18.2 Å². The molecular formula is C21H20N2O4. The number of ether oxygens (including phenoxy) is 1. The molecule has 2 aromatic carbocycles. The van der Waals surface area contributed by atoms with Gasteiger partial charge in [-0.15, -0.1) is 0 Å². The van der Waals surface area contributed by atoms with Gasteiger partial charge in [0.2, 0.25) is 0 Å². The van der Waals surface area contributed by atoms with Gasteiger partial charge in [0.25, 0.3) is 5.91 Å². The first kappa shape index (κ1) is 18.4. The normalized spacial score (nSPS) is 11.8. The van der Waals surface area contributed by atoms with Crippen LogP contribution in [0.15, 0.2) is 54.6 Å². The van der Waals surface area contributed by atoms with Crippen molar-refractivity contribution in [2.75, 3.05) is 6.54 Å². The number of amides is 1. The Balaban J connectivity index is 2.01. The van der Waals surface area contributed by atoms with Crippen LogP contribution in [0.1, 0.15) is 24.2 Å². The van der Waals surface area contributed by atoms with Gasteiger partial charge >= 0.3 is 5.97 Å². The minimum absolute atomic E-state index is 0.148. The minimum Gasteiger partial charge on any atom is -0.508 e. The summed E-state index contributed by atoms with van der Waals surface area (Å²) in [6.07, 6.45) is -0.901. The molecule has 138 valence electrons. The molecule has 6 heteroatoms. The Bertz CT molecular complexity index is 983. The highest BCUT2D eigenvalue weighted by atomic mass is 16.5. The third kappa shape index (κ3) is 4.06. The summed E-state index contributed by atoms with van der Waals surface area (Å²) >= 11 is 0. The largest absolute Gasteiger partial charge is 0.508 e. The lowest BCUT2D eigenvalue weighted by molar-refractivity contribution is -0.128. The molecule has 0 unspecified atom stereocenters. The molecule has 0 aliphatic heterocycles. The van der Waals surface area contributed by atoms with Crippen LogP contribution in [0.5, 0.6) is 5.75 Å². The highest BCUT2D eigenvalue weighted by Crippen LogP contribution is 2.26. The number of rotatable bonds is 5. The third-order valence-electron chi connectivity index (χ3n) is 4.10. The maximum atomic E-state index is 12.7. The fourth-order valence-electron chi connectivity index (χ4n) is 2.72. The topological polar surface area (TPSA) is 88.5 Å². The number of pyridine rings is 1. The molecule has 3 rings (SSSR count). The van der Waals surface area contributed by atoms with Crippen molar-refractivity contribution in [3.05, 3.63) is 60.2 Å². The van der Waals surface area contributed by atoms with Crippen molar-refractivity contribution in [3.8, 4) is 17.0 Å². The lowest BCUT2D eigenvalue weighted by Crippen LogP contribution is -2.35. The second-order valence-electron chi connectivity index (χ2n) is 6.06. The number of likely N-dealkylation sites (N-methyl/N-ethyl adjacent to an activating group) is 1. The molecule has 1 amide bonds. The Hall–Kier alpha value is -3.41. The van der Waals surface area contributed by atoms with E-state index in [0.717, 1.165) is 5.56 Å². The van der Waals surface area contributed by atoms with Crippen molar-refractivity contribution in [3.63, 3.8) is 0 Å². The first-order chi connectivity index (χ1) is 13.0. The summed E-state index contributed by atoms with van der Waals surface area (Å²) in [5.74, 6) is -0.787. The summed E-state index contributed by atoms with van der Waals surface area (Å²) in [7, 11) is 0. The van der Waals surface area contributed by atoms with E-state index >= 15 is 0 Å². The third-order valence-corrected chi connectivity index (χ3v) is 4.10. The molecule has 1 atom stereocenters. The lowest BCUT2D eigenvalue weighted by Gasteiger charge is -2.14. The summed E-state index contributed by atoms with van der Waals surface area (Å²) in [6.45, 7) is 3.80. The van der Waals surface area contributed by atoms with Gasteiger partial charge < -0.3 is 15.2 Å². The standard InChI is InChI=1S/C21H20N2O4/c1-3-22-20(25)13(2)27-21(26)17-12-19(14-8-10-15(24)11-9-14)23-18-7-5-4-6-16(17)18/h4-13,24H,3H2,1-2H3,(H,22,25)/t13-/m1/s1. The SMILES string of the molecule is CCNC(=O)[C@@H](C)OC(=O)c1cc(-c2ccc(O)cc2)nc2ccccc12. The van der Waals surface area contributed by atoms with Crippen molar-refractivity contribution in [2.24, 2.45) is 0 Å². The summed E-state index contributed by atoms with van der Waals surface area (Å²) in [5.41, 5.74) is 2.30. The summed E-state index contributed by atoms with van der Waals surface area (Å²) in [6, 6.07) is 15.4. The van der Waals surface area contributed by atoms with E-state index in [0.29, 0.717) is 28.7 Å². The number of para-hydroxylation sites is 1. The number of phenols is 1. The fourth-order valence-corrected chi connectivity index (χ4v) is 2.72. The zero-order valence-corrected chi connectivity index (χ0v) is 15.1. The highest BCUT2D eigenvalue weighted by Gasteiger charge is 2.21.